The molecule has 20 heavy (non-hydrogen) atoms. The lowest BCUT2D eigenvalue weighted by atomic mass is 10.0. The van der Waals surface area contributed by atoms with Gasteiger partial charge in [-0.3, -0.25) is 14.6 Å². The van der Waals surface area contributed by atoms with Gasteiger partial charge in [0, 0.05) is 18.9 Å². The summed E-state index contributed by atoms with van der Waals surface area (Å²) in [6, 6.07) is 3.22. The summed E-state index contributed by atoms with van der Waals surface area (Å²) in [7, 11) is 0. The van der Waals surface area contributed by atoms with Gasteiger partial charge < -0.3 is 14.7 Å². The summed E-state index contributed by atoms with van der Waals surface area (Å²) in [4.78, 5) is 29.1. The van der Waals surface area contributed by atoms with Gasteiger partial charge in [0.2, 0.25) is 5.91 Å². The first-order valence-electron chi connectivity index (χ1n) is 6.62. The van der Waals surface area contributed by atoms with E-state index in [-0.39, 0.29) is 31.6 Å². The summed E-state index contributed by atoms with van der Waals surface area (Å²) in [5.74, 6) is -1.66. The standard InChI is InChI=1S/C14H18N2O4/c1-2-16(12-9-20-8-11(12)14(18)19)13(17)6-10-4-3-5-15-7-10/h3-5,7,11-12H,2,6,8-9H2,1H3,(H,18,19). The number of carbonyl (C=O) groups excluding carboxylic acids is 1. The molecule has 1 fully saturated rings. The number of carbonyl (C=O) groups is 2. The Morgan fingerprint density at radius 3 is 2.90 bits per heavy atom. The van der Waals surface area contributed by atoms with E-state index in [0.29, 0.717) is 6.54 Å². The number of aliphatic carboxylic acids is 1. The fourth-order valence-corrected chi connectivity index (χ4v) is 2.46. The van der Waals surface area contributed by atoms with Gasteiger partial charge in [-0.25, -0.2) is 0 Å². The van der Waals surface area contributed by atoms with Crippen LogP contribution in [0.2, 0.25) is 0 Å². The third-order valence-electron chi connectivity index (χ3n) is 3.51. The maximum absolute atomic E-state index is 12.3. The molecule has 1 N–H and O–H groups in total. The van der Waals surface area contributed by atoms with E-state index in [0.717, 1.165) is 5.56 Å². The van der Waals surface area contributed by atoms with Crippen LogP contribution in [0.15, 0.2) is 24.5 Å². The number of ether oxygens (including phenoxy) is 1. The lowest BCUT2D eigenvalue weighted by Gasteiger charge is -2.29. The molecule has 6 heteroatoms. The van der Waals surface area contributed by atoms with Gasteiger partial charge in [0.1, 0.15) is 5.92 Å². The third kappa shape index (κ3) is 3.14. The van der Waals surface area contributed by atoms with Gasteiger partial charge in [0.15, 0.2) is 0 Å². The number of pyridine rings is 1. The van der Waals surface area contributed by atoms with Crippen LogP contribution in [0.1, 0.15) is 12.5 Å². The van der Waals surface area contributed by atoms with Crippen molar-refractivity contribution in [3.63, 3.8) is 0 Å². The van der Waals surface area contributed by atoms with Crippen molar-refractivity contribution < 1.29 is 19.4 Å². The Balaban J connectivity index is 2.07. The quantitative estimate of drug-likeness (QED) is 0.852. The molecule has 1 aromatic heterocycles. The number of aromatic nitrogens is 1. The maximum atomic E-state index is 12.3. The van der Waals surface area contributed by atoms with E-state index < -0.39 is 11.9 Å². The normalized spacial score (nSPS) is 21.6. The molecule has 2 atom stereocenters. The molecule has 1 aromatic rings. The molecule has 1 aliphatic heterocycles. The van der Waals surface area contributed by atoms with Crippen LogP contribution in [0.4, 0.5) is 0 Å². The van der Waals surface area contributed by atoms with Crippen LogP contribution in [-0.4, -0.2) is 52.7 Å². The Labute approximate surface area is 117 Å². The summed E-state index contributed by atoms with van der Waals surface area (Å²) in [5.41, 5.74) is 0.821. The Morgan fingerprint density at radius 2 is 2.30 bits per heavy atom. The molecule has 0 spiro atoms. The Hall–Kier alpha value is -1.95. The van der Waals surface area contributed by atoms with E-state index in [9.17, 15) is 14.7 Å². The molecule has 6 nitrogen and oxygen atoms in total. The highest BCUT2D eigenvalue weighted by Crippen LogP contribution is 2.21. The molecule has 0 aliphatic carbocycles. The largest absolute Gasteiger partial charge is 0.481 e. The fourth-order valence-electron chi connectivity index (χ4n) is 2.46. The molecule has 1 amide bonds. The number of rotatable bonds is 5. The molecule has 2 rings (SSSR count). The number of nitrogens with zero attached hydrogens (tertiary/aromatic N) is 2. The van der Waals surface area contributed by atoms with E-state index in [1.165, 1.54) is 0 Å². The molecule has 108 valence electrons. The molecule has 0 bridgehead atoms. The lowest BCUT2D eigenvalue weighted by Crippen LogP contribution is -2.47. The Morgan fingerprint density at radius 1 is 1.50 bits per heavy atom. The second-order valence-corrected chi connectivity index (χ2v) is 4.77. The summed E-state index contributed by atoms with van der Waals surface area (Å²) < 4.78 is 5.23. The number of hydrogen-bond acceptors (Lipinski definition) is 4. The van der Waals surface area contributed by atoms with Crippen molar-refractivity contribution in [3.8, 4) is 0 Å². The van der Waals surface area contributed by atoms with Crippen LogP contribution in [0.25, 0.3) is 0 Å². The van der Waals surface area contributed by atoms with E-state index in [1.54, 1.807) is 23.4 Å². The van der Waals surface area contributed by atoms with Gasteiger partial charge in [-0.2, -0.15) is 0 Å². The fraction of sp³-hybridized carbons (Fsp3) is 0.500. The predicted octanol–water partition coefficient (Wildman–Crippen LogP) is 0.572. The van der Waals surface area contributed by atoms with Gasteiger partial charge in [0.05, 0.1) is 25.7 Å². The van der Waals surface area contributed by atoms with E-state index in [4.69, 9.17) is 4.74 Å². The van der Waals surface area contributed by atoms with E-state index in [2.05, 4.69) is 4.98 Å². The van der Waals surface area contributed by atoms with Gasteiger partial charge in [-0.15, -0.1) is 0 Å². The van der Waals surface area contributed by atoms with Crippen LogP contribution in [0, 0.1) is 5.92 Å². The topological polar surface area (TPSA) is 79.7 Å². The van der Waals surface area contributed by atoms with Crippen molar-refractivity contribution in [2.24, 2.45) is 5.92 Å². The minimum atomic E-state index is -0.917. The minimum Gasteiger partial charge on any atom is -0.481 e. The van der Waals surface area contributed by atoms with Crippen LogP contribution in [0.5, 0.6) is 0 Å². The second-order valence-electron chi connectivity index (χ2n) is 4.77. The van der Waals surface area contributed by atoms with E-state index >= 15 is 0 Å². The van der Waals surface area contributed by atoms with Crippen molar-refractivity contribution >= 4 is 11.9 Å². The second kappa shape index (κ2) is 6.47. The SMILES string of the molecule is CCN(C(=O)Cc1cccnc1)C1COCC1C(=O)O. The van der Waals surface area contributed by atoms with Crippen LogP contribution in [0.3, 0.4) is 0 Å². The average Bonchev–Trinajstić information content (AvgIpc) is 2.90. The average molecular weight is 278 g/mol. The van der Waals surface area contributed by atoms with Crippen molar-refractivity contribution in [1.29, 1.82) is 0 Å². The smallest absolute Gasteiger partial charge is 0.311 e. The summed E-state index contributed by atoms with van der Waals surface area (Å²) in [5, 5.41) is 9.17. The maximum Gasteiger partial charge on any atom is 0.311 e. The van der Waals surface area contributed by atoms with Crippen molar-refractivity contribution in [2.75, 3.05) is 19.8 Å². The monoisotopic (exact) mass is 278 g/mol. The molecular weight excluding hydrogens is 260 g/mol. The summed E-state index contributed by atoms with van der Waals surface area (Å²) in [6.07, 6.45) is 3.52. The van der Waals surface area contributed by atoms with Crippen molar-refractivity contribution in [3.05, 3.63) is 30.1 Å². The third-order valence-corrected chi connectivity index (χ3v) is 3.51. The van der Waals surface area contributed by atoms with Gasteiger partial charge in [-0.05, 0) is 18.6 Å². The molecular formula is C14H18N2O4. The molecule has 0 aromatic carbocycles. The molecule has 1 saturated heterocycles. The van der Waals surface area contributed by atoms with Gasteiger partial charge >= 0.3 is 5.97 Å². The zero-order valence-corrected chi connectivity index (χ0v) is 11.4. The molecule has 2 heterocycles. The highest BCUT2D eigenvalue weighted by Gasteiger charge is 2.39. The van der Waals surface area contributed by atoms with Gasteiger partial charge in [-0.1, -0.05) is 6.07 Å². The molecule has 1 aliphatic rings. The number of likely N-dealkylation sites (N-methyl/N-ethyl adjacent to an activating group) is 1. The first-order chi connectivity index (χ1) is 9.63. The highest BCUT2D eigenvalue weighted by molar-refractivity contribution is 5.80. The summed E-state index contributed by atoms with van der Waals surface area (Å²) in [6.45, 7) is 2.76. The van der Waals surface area contributed by atoms with E-state index in [1.807, 2.05) is 13.0 Å². The zero-order valence-electron chi connectivity index (χ0n) is 11.4. The number of carboxylic acid groups (broad SMARTS) is 1. The predicted molar refractivity (Wildman–Crippen MR) is 71.1 cm³/mol. The zero-order chi connectivity index (χ0) is 14.5. The van der Waals surface area contributed by atoms with Crippen molar-refractivity contribution in [1.82, 2.24) is 9.88 Å². The Bertz CT molecular complexity index is 477. The number of carboxylic acids is 1. The summed E-state index contributed by atoms with van der Waals surface area (Å²) >= 11 is 0. The van der Waals surface area contributed by atoms with Crippen molar-refractivity contribution in [2.45, 2.75) is 19.4 Å². The van der Waals surface area contributed by atoms with Crippen LogP contribution >= 0.6 is 0 Å². The molecule has 2 unspecified atom stereocenters. The first kappa shape index (κ1) is 14.5. The first-order valence-corrected chi connectivity index (χ1v) is 6.62. The van der Waals surface area contributed by atoms with Crippen LogP contribution < -0.4 is 0 Å². The molecule has 0 radical (unpaired) electrons. The number of amides is 1. The van der Waals surface area contributed by atoms with Crippen LogP contribution in [-0.2, 0) is 20.7 Å². The number of hydrogen-bond donors (Lipinski definition) is 1. The highest BCUT2D eigenvalue weighted by atomic mass is 16.5. The molecule has 0 saturated carbocycles. The lowest BCUT2D eigenvalue weighted by molar-refractivity contribution is -0.144. The Kier molecular flexibility index (Phi) is 4.68. The minimum absolute atomic E-state index is 0.0951. The van der Waals surface area contributed by atoms with Gasteiger partial charge in [0.25, 0.3) is 0 Å².